The van der Waals surface area contributed by atoms with Gasteiger partial charge >= 0.3 is 0 Å². The first-order chi connectivity index (χ1) is 9.20. The number of nitrogens with two attached hydrogens (primary N) is 1. The van der Waals surface area contributed by atoms with Crippen molar-refractivity contribution >= 4 is 27.7 Å². The molecule has 0 fully saturated rings. The molecule has 0 aliphatic carbocycles. The van der Waals surface area contributed by atoms with Crippen LogP contribution in [0.3, 0.4) is 0 Å². The molecule has 0 radical (unpaired) electrons. The average molecular weight is 339 g/mol. The van der Waals surface area contributed by atoms with Crippen LogP contribution in [0.4, 0.5) is 0 Å². The Kier molecular flexibility index (Phi) is 3.66. The fourth-order valence-electron chi connectivity index (χ4n) is 2.53. The number of rotatable bonds is 3. The lowest BCUT2D eigenvalue weighted by Crippen LogP contribution is -2.36. The summed E-state index contributed by atoms with van der Waals surface area (Å²) in [5.41, 5.74) is 5.44. The van der Waals surface area contributed by atoms with Crippen LogP contribution < -0.4 is 11.3 Å². The van der Waals surface area contributed by atoms with Gasteiger partial charge in [0.2, 0.25) is 0 Å². The van der Waals surface area contributed by atoms with E-state index in [4.69, 9.17) is 5.84 Å². The second kappa shape index (κ2) is 5.28. The standard InChI is InChI=1S/C13H15BrN4S/c1-18-13(9(14)7-16-18)12(17-15)11-6-8-4-2-3-5-10(8)19-11/h2-5,7,11-12,17H,6,15H2,1H3. The van der Waals surface area contributed by atoms with Crippen LogP contribution >= 0.6 is 27.7 Å². The molecule has 2 heterocycles. The summed E-state index contributed by atoms with van der Waals surface area (Å²) in [6.45, 7) is 0. The van der Waals surface area contributed by atoms with Gasteiger partial charge in [-0.15, -0.1) is 11.8 Å². The molecule has 2 unspecified atom stereocenters. The van der Waals surface area contributed by atoms with Crippen LogP contribution in [0.15, 0.2) is 39.8 Å². The van der Waals surface area contributed by atoms with E-state index in [9.17, 15) is 0 Å². The third-order valence-electron chi connectivity index (χ3n) is 3.46. The third-order valence-corrected chi connectivity index (χ3v) is 5.46. The highest BCUT2D eigenvalue weighted by Crippen LogP contribution is 2.43. The van der Waals surface area contributed by atoms with Crippen molar-refractivity contribution in [1.82, 2.24) is 15.2 Å². The molecule has 2 atom stereocenters. The van der Waals surface area contributed by atoms with Gasteiger partial charge in [0.1, 0.15) is 0 Å². The first-order valence-electron chi connectivity index (χ1n) is 6.09. The Balaban J connectivity index is 1.90. The van der Waals surface area contributed by atoms with Crippen LogP contribution in [0, 0.1) is 0 Å². The number of nitrogens with one attached hydrogen (secondary N) is 1. The summed E-state index contributed by atoms with van der Waals surface area (Å²) in [4.78, 5) is 1.35. The molecular weight excluding hydrogens is 324 g/mol. The van der Waals surface area contributed by atoms with Gasteiger partial charge in [-0.25, -0.2) is 0 Å². The van der Waals surface area contributed by atoms with Crippen molar-refractivity contribution in [2.75, 3.05) is 0 Å². The summed E-state index contributed by atoms with van der Waals surface area (Å²) in [5.74, 6) is 5.79. The number of aromatic nitrogens is 2. The molecule has 0 saturated carbocycles. The number of hydrogen-bond acceptors (Lipinski definition) is 4. The van der Waals surface area contributed by atoms with E-state index < -0.39 is 0 Å². The summed E-state index contributed by atoms with van der Waals surface area (Å²) in [6, 6.07) is 8.60. The number of aryl methyl sites for hydroxylation is 1. The lowest BCUT2D eigenvalue weighted by molar-refractivity contribution is 0.493. The zero-order chi connectivity index (χ0) is 13.4. The summed E-state index contributed by atoms with van der Waals surface area (Å²) in [6.07, 6.45) is 2.83. The van der Waals surface area contributed by atoms with Crippen molar-refractivity contribution in [2.45, 2.75) is 22.6 Å². The van der Waals surface area contributed by atoms with E-state index >= 15 is 0 Å². The molecule has 1 aromatic carbocycles. The molecule has 19 heavy (non-hydrogen) atoms. The maximum Gasteiger partial charge on any atom is 0.0765 e. The first-order valence-corrected chi connectivity index (χ1v) is 7.76. The highest BCUT2D eigenvalue weighted by atomic mass is 79.9. The van der Waals surface area contributed by atoms with Crippen LogP contribution in [0.2, 0.25) is 0 Å². The van der Waals surface area contributed by atoms with Gasteiger partial charge in [-0.1, -0.05) is 18.2 Å². The van der Waals surface area contributed by atoms with E-state index in [0.717, 1.165) is 16.6 Å². The Morgan fingerprint density at radius 3 is 2.95 bits per heavy atom. The van der Waals surface area contributed by atoms with Gasteiger partial charge in [-0.05, 0) is 34.0 Å². The second-order valence-electron chi connectivity index (χ2n) is 4.61. The molecule has 0 amide bonds. The van der Waals surface area contributed by atoms with Gasteiger partial charge in [-0.2, -0.15) is 5.10 Å². The van der Waals surface area contributed by atoms with Crippen molar-refractivity contribution in [1.29, 1.82) is 0 Å². The average Bonchev–Trinajstić information content (AvgIpc) is 2.97. The van der Waals surface area contributed by atoms with Gasteiger partial charge in [-0.3, -0.25) is 16.0 Å². The predicted octanol–water partition coefficient (Wildman–Crippen LogP) is 2.40. The zero-order valence-electron chi connectivity index (χ0n) is 10.5. The second-order valence-corrected chi connectivity index (χ2v) is 6.75. The van der Waals surface area contributed by atoms with Crippen molar-refractivity contribution < 1.29 is 0 Å². The van der Waals surface area contributed by atoms with E-state index in [1.54, 1.807) is 0 Å². The molecule has 0 spiro atoms. The fraction of sp³-hybridized carbons (Fsp3) is 0.308. The minimum Gasteiger partial charge on any atom is -0.271 e. The number of hydrazine groups is 1. The quantitative estimate of drug-likeness (QED) is 0.666. The Labute approximate surface area is 124 Å². The number of thioether (sulfide) groups is 1. The van der Waals surface area contributed by atoms with Crippen LogP contribution in [0.1, 0.15) is 17.3 Å². The normalized spacial score (nSPS) is 19.4. The highest BCUT2D eigenvalue weighted by molar-refractivity contribution is 9.10. The van der Waals surface area contributed by atoms with Crippen LogP contribution in [-0.4, -0.2) is 15.0 Å². The molecule has 3 N–H and O–H groups in total. The molecule has 6 heteroatoms. The number of hydrogen-bond donors (Lipinski definition) is 2. The highest BCUT2D eigenvalue weighted by Gasteiger charge is 2.32. The van der Waals surface area contributed by atoms with Crippen molar-refractivity contribution in [2.24, 2.45) is 12.9 Å². The Morgan fingerprint density at radius 1 is 1.53 bits per heavy atom. The van der Waals surface area contributed by atoms with Crippen molar-refractivity contribution in [3.63, 3.8) is 0 Å². The SMILES string of the molecule is Cn1ncc(Br)c1C(NN)C1Cc2ccccc2S1. The molecule has 0 saturated heterocycles. The predicted molar refractivity (Wildman–Crippen MR) is 80.8 cm³/mol. The minimum atomic E-state index is 0.0688. The molecule has 1 aromatic heterocycles. The summed E-state index contributed by atoms with van der Waals surface area (Å²) in [7, 11) is 1.94. The van der Waals surface area contributed by atoms with Gasteiger partial charge in [0, 0.05) is 17.2 Å². The topological polar surface area (TPSA) is 55.9 Å². The zero-order valence-corrected chi connectivity index (χ0v) is 12.9. The van der Waals surface area contributed by atoms with Crippen molar-refractivity contribution in [3.05, 3.63) is 46.2 Å². The molecule has 3 rings (SSSR count). The van der Waals surface area contributed by atoms with E-state index in [1.165, 1.54) is 10.5 Å². The number of nitrogens with zero attached hydrogens (tertiary/aromatic N) is 2. The first kappa shape index (κ1) is 13.2. The Bertz CT molecular complexity index is 554. The van der Waals surface area contributed by atoms with Gasteiger partial charge < -0.3 is 0 Å². The maximum absolute atomic E-state index is 5.79. The Hall–Kier alpha value is -0.820. The van der Waals surface area contributed by atoms with Gasteiger partial charge in [0.25, 0.3) is 0 Å². The van der Waals surface area contributed by atoms with Crippen LogP contribution in [0.25, 0.3) is 0 Å². The largest absolute Gasteiger partial charge is 0.271 e. The number of fused-ring (bicyclic) bond motifs is 1. The van der Waals surface area contributed by atoms with Gasteiger partial charge in [0.05, 0.1) is 22.4 Å². The van der Waals surface area contributed by atoms with E-state index in [1.807, 2.05) is 29.7 Å². The molecule has 4 nitrogen and oxygen atoms in total. The molecule has 0 bridgehead atoms. The molecule has 1 aliphatic heterocycles. The lowest BCUT2D eigenvalue weighted by atomic mass is 10.0. The minimum absolute atomic E-state index is 0.0688. The Morgan fingerprint density at radius 2 is 2.32 bits per heavy atom. The van der Waals surface area contributed by atoms with E-state index in [2.05, 4.69) is 50.7 Å². The monoisotopic (exact) mass is 338 g/mol. The van der Waals surface area contributed by atoms with Crippen molar-refractivity contribution in [3.8, 4) is 0 Å². The lowest BCUT2D eigenvalue weighted by Gasteiger charge is -2.22. The number of benzene rings is 1. The van der Waals surface area contributed by atoms with E-state index in [0.29, 0.717) is 5.25 Å². The summed E-state index contributed by atoms with van der Waals surface area (Å²) >= 11 is 5.43. The number of halogens is 1. The summed E-state index contributed by atoms with van der Waals surface area (Å²) < 4.78 is 2.87. The smallest absolute Gasteiger partial charge is 0.0765 e. The fourth-order valence-corrected chi connectivity index (χ4v) is 4.51. The maximum atomic E-state index is 5.79. The summed E-state index contributed by atoms with van der Waals surface area (Å²) in [5, 5.41) is 4.65. The molecule has 2 aromatic rings. The van der Waals surface area contributed by atoms with Crippen LogP contribution in [0.5, 0.6) is 0 Å². The van der Waals surface area contributed by atoms with Crippen LogP contribution in [-0.2, 0) is 13.5 Å². The molecule has 1 aliphatic rings. The third kappa shape index (κ3) is 2.33. The van der Waals surface area contributed by atoms with E-state index in [-0.39, 0.29) is 6.04 Å². The molecular formula is C13H15BrN4S. The molecule has 100 valence electrons. The van der Waals surface area contributed by atoms with Gasteiger partial charge in [0.15, 0.2) is 0 Å².